The van der Waals surface area contributed by atoms with Gasteiger partial charge in [-0.3, -0.25) is 9.59 Å². The molecule has 0 atom stereocenters. The molecule has 4 rings (SSSR count). The van der Waals surface area contributed by atoms with Crippen LogP contribution in [0.2, 0.25) is 0 Å². The fourth-order valence-corrected chi connectivity index (χ4v) is 3.28. The number of carbonyl (C=O) groups is 1. The number of fused-ring (bicyclic) bond motifs is 1. The standard InChI is InChI=1S/C23H22FN3O4/c1-26(14-16-4-2-5-18(24)12-16)23(29)15-27-22(28)9-7-19(25-27)17-6-8-20-21(13-17)31-11-3-10-30-20/h2,4-9,12-13H,3,10-11,14-15H2,1H3. The maximum atomic E-state index is 13.4. The van der Waals surface area contributed by atoms with E-state index in [1.165, 1.54) is 23.1 Å². The van der Waals surface area contributed by atoms with Gasteiger partial charge in [0, 0.05) is 31.6 Å². The lowest BCUT2D eigenvalue weighted by Gasteiger charge is -2.18. The van der Waals surface area contributed by atoms with Crippen molar-refractivity contribution in [3.05, 3.63) is 76.3 Å². The number of hydrogen-bond donors (Lipinski definition) is 0. The third-order valence-corrected chi connectivity index (χ3v) is 4.93. The van der Waals surface area contributed by atoms with E-state index in [9.17, 15) is 14.0 Å². The van der Waals surface area contributed by atoms with Crippen LogP contribution in [0.15, 0.2) is 59.4 Å². The number of aromatic nitrogens is 2. The van der Waals surface area contributed by atoms with Crippen LogP contribution in [-0.4, -0.2) is 40.8 Å². The van der Waals surface area contributed by atoms with E-state index in [2.05, 4.69) is 5.10 Å². The molecule has 0 radical (unpaired) electrons. The predicted molar refractivity (Wildman–Crippen MR) is 112 cm³/mol. The summed E-state index contributed by atoms with van der Waals surface area (Å²) in [6.45, 7) is 1.17. The van der Waals surface area contributed by atoms with Crippen LogP contribution in [0.25, 0.3) is 11.3 Å². The van der Waals surface area contributed by atoms with Gasteiger partial charge in [-0.15, -0.1) is 0 Å². The second-order valence-electron chi connectivity index (χ2n) is 7.31. The van der Waals surface area contributed by atoms with Crippen molar-refractivity contribution in [2.24, 2.45) is 0 Å². The Labute approximate surface area is 178 Å². The molecule has 2 heterocycles. The molecule has 7 nitrogen and oxygen atoms in total. The molecule has 0 bridgehead atoms. The lowest BCUT2D eigenvalue weighted by molar-refractivity contribution is -0.131. The molecular weight excluding hydrogens is 401 g/mol. The third-order valence-electron chi connectivity index (χ3n) is 4.93. The van der Waals surface area contributed by atoms with Crippen molar-refractivity contribution in [3.63, 3.8) is 0 Å². The lowest BCUT2D eigenvalue weighted by atomic mass is 10.1. The average molecular weight is 423 g/mol. The van der Waals surface area contributed by atoms with Crippen LogP contribution in [0.1, 0.15) is 12.0 Å². The van der Waals surface area contributed by atoms with E-state index in [1.54, 1.807) is 25.2 Å². The smallest absolute Gasteiger partial charge is 0.267 e. The topological polar surface area (TPSA) is 73.7 Å². The van der Waals surface area contributed by atoms with Crippen LogP contribution in [-0.2, 0) is 17.9 Å². The number of halogens is 1. The van der Waals surface area contributed by atoms with Crippen LogP contribution in [0.4, 0.5) is 4.39 Å². The summed E-state index contributed by atoms with van der Waals surface area (Å²) in [5.41, 5.74) is 1.57. The first-order chi connectivity index (χ1) is 15.0. The fourth-order valence-electron chi connectivity index (χ4n) is 3.28. The van der Waals surface area contributed by atoms with Crippen LogP contribution < -0.4 is 15.0 Å². The number of likely N-dealkylation sites (N-methyl/N-ethyl adjacent to an activating group) is 1. The minimum Gasteiger partial charge on any atom is -0.490 e. The Kier molecular flexibility index (Phi) is 5.97. The van der Waals surface area contributed by atoms with Crippen LogP contribution in [0.5, 0.6) is 11.5 Å². The quantitative estimate of drug-likeness (QED) is 0.631. The Morgan fingerprint density at radius 3 is 2.71 bits per heavy atom. The maximum Gasteiger partial charge on any atom is 0.267 e. The van der Waals surface area contributed by atoms with Gasteiger partial charge in [-0.1, -0.05) is 12.1 Å². The molecule has 3 aromatic rings. The highest BCUT2D eigenvalue weighted by Crippen LogP contribution is 2.33. The summed E-state index contributed by atoms with van der Waals surface area (Å²) in [4.78, 5) is 26.3. The van der Waals surface area contributed by atoms with Gasteiger partial charge in [-0.05, 0) is 42.0 Å². The van der Waals surface area contributed by atoms with E-state index in [0.717, 1.165) is 16.7 Å². The molecule has 0 saturated heterocycles. The Morgan fingerprint density at radius 2 is 1.90 bits per heavy atom. The average Bonchev–Trinajstić information content (AvgIpc) is 3.00. The van der Waals surface area contributed by atoms with Crippen LogP contribution >= 0.6 is 0 Å². The highest BCUT2D eigenvalue weighted by Gasteiger charge is 2.15. The number of nitrogens with zero attached hydrogens (tertiary/aromatic N) is 3. The number of benzene rings is 2. The summed E-state index contributed by atoms with van der Waals surface area (Å²) >= 11 is 0. The zero-order valence-corrected chi connectivity index (χ0v) is 17.1. The zero-order valence-electron chi connectivity index (χ0n) is 17.1. The van der Waals surface area contributed by atoms with E-state index < -0.39 is 0 Å². The van der Waals surface area contributed by atoms with E-state index in [0.29, 0.717) is 36.0 Å². The number of carbonyl (C=O) groups excluding carboxylic acids is 1. The molecule has 2 aromatic carbocycles. The first-order valence-corrected chi connectivity index (χ1v) is 9.96. The first kappa shape index (κ1) is 20.6. The lowest BCUT2D eigenvalue weighted by Crippen LogP contribution is -2.34. The number of hydrogen-bond acceptors (Lipinski definition) is 5. The molecule has 0 N–H and O–H groups in total. The van der Waals surface area contributed by atoms with E-state index >= 15 is 0 Å². The number of ether oxygens (including phenoxy) is 2. The molecule has 0 aliphatic carbocycles. The normalized spacial score (nSPS) is 12.8. The van der Waals surface area contributed by atoms with Gasteiger partial charge in [0.1, 0.15) is 12.4 Å². The molecule has 0 unspecified atom stereocenters. The molecule has 8 heteroatoms. The zero-order chi connectivity index (χ0) is 21.8. The van der Waals surface area contributed by atoms with Gasteiger partial charge in [0.25, 0.3) is 5.56 Å². The molecule has 160 valence electrons. The minimum atomic E-state index is -0.384. The Hall–Kier alpha value is -3.68. The monoisotopic (exact) mass is 423 g/mol. The van der Waals surface area contributed by atoms with E-state index in [4.69, 9.17) is 9.47 Å². The van der Waals surface area contributed by atoms with Gasteiger partial charge in [-0.25, -0.2) is 9.07 Å². The summed E-state index contributed by atoms with van der Waals surface area (Å²) in [5, 5.41) is 4.36. The molecule has 1 aliphatic rings. The van der Waals surface area contributed by atoms with Crippen molar-refractivity contribution in [2.45, 2.75) is 19.5 Å². The second-order valence-corrected chi connectivity index (χ2v) is 7.31. The van der Waals surface area contributed by atoms with Crippen molar-refractivity contribution < 1.29 is 18.7 Å². The SMILES string of the molecule is CN(Cc1cccc(F)c1)C(=O)Cn1nc(-c2ccc3c(c2)OCCCO3)ccc1=O. The summed E-state index contributed by atoms with van der Waals surface area (Å²) in [7, 11) is 1.60. The number of rotatable bonds is 5. The van der Waals surface area contributed by atoms with Crippen molar-refractivity contribution in [1.82, 2.24) is 14.7 Å². The summed E-state index contributed by atoms with van der Waals surface area (Å²) in [6.07, 6.45) is 0.804. The fraction of sp³-hybridized carbons (Fsp3) is 0.261. The number of amides is 1. The second kappa shape index (κ2) is 8.99. The molecule has 0 spiro atoms. The molecule has 0 saturated carbocycles. The Bertz CT molecular complexity index is 1160. The molecule has 1 aliphatic heterocycles. The third kappa shape index (κ3) is 4.91. The van der Waals surface area contributed by atoms with Gasteiger partial charge in [-0.2, -0.15) is 5.10 Å². The molecular formula is C23H22FN3O4. The van der Waals surface area contributed by atoms with Crippen molar-refractivity contribution in [3.8, 4) is 22.8 Å². The highest BCUT2D eigenvalue weighted by atomic mass is 19.1. The Morgan fingerprint density at radius 1 is 1.10 bits per heavy atom. The summed E-state index contributed by atoms with van der Waals surface area (Å²) in [5.74, 6) is 0.623. The van der Waals surface area contributed by atoms with Gasteiger partial charge >= 0.3 is 0 Å². The predicted octanol–water partition coefficient (Wildman–Crippen LogP) is 2.87. The maximum absolute atomic E-state index is 13.4. The minimum absolute atomic E-state index is 0.219. The molecule has 0 fully saturated rings. The largest absolute Gasteiger partial charge is 0.490 e. The summed E-state index contributed by atoms with van der Waals surface area (Å²) < 4.78 is 25.9. The molecule has 1 aromatic heterocycles. The van der Waals surface area contributed by atoms with Gasteiger partial charge < -0.3 is 14.4 Å². The van der Waals surface area contributed by atoms with E-state index in [-0.39, 0.29) is 30.4 Å². The van der Waals surface area contributed by atoms with Gasteiger partial charge in [0.15, 0.2) is 11.5 Å². The van der Waals surface area contributed by atoms with Gasteiger partial charge in [0.05, 0.1) is 18.9 Å². The first-order valence-electron chi connectivity index (χ1n) is 9.96. The molecule has 1 amide bonds. The van der Waals surface area contributed by atoms with Gasteiger partial charge in [0.2, 0.25) is 5.91 Å². The molecule has 31 heavy (non-hydrogen) atoms. The van der Waals surface area contributed by atoms with Crippen molar-refractivity contribution in [1.29, 1.82) is 0 Å². The van der Waals surface area contributed by atoms with Crippen molar-refractivity contribution in [2.75, 3.05) is 20.3 Å². The summed E-state index contributed by atoms with van der Waals surface area (Å²) in [6, 6.07) is 14.5. The van der Waals surface area contributed by atoms with Crippen molar-refractivity contribution >= 4 is 5.91 Å². The van der Waals surface area contributed by atoms with Crippen LogP contribution in [0, 0.1) is 5.82 Å². The van der Waals surface area contributed by atoms with E-state index in [1.807, 2.05) is 18.2 Å². The Balaban J connectivity index is 1.52. The highest BCUT2D eigenvalue weighted by molar-refractivity contribution is 5.75. The van der Waals surface area contributed by atoms with Crippen LogP contribution in [0.3, 0.4) is 0 Å².